The van der Waals surface area contributed by atoms with Gasteiger partial charge < -0.3 is 10.6 Å². The van der Waals surface area contributed by atoms with Crippen molar-refractivity contribution >= 4 is 5.91 Å². The molecule has 1 saturated heterocycles. The van der Waals surface area contributed by atoms with Crippen molar-refractivity contribution in [3.05, 3.63) is 35.9 Å². The minimum atomic E-state index is -0.192. The van der Waals surface area contributed by atoms with E-state index in [-0.39, 0.29) is 11.8 Å². The Morgan fingerprint density at radius 1 is 1.26 bits per heavy atom. The molecule has 1 amide bonds. The smallest absolute Gasteiger partial charge is 0.231 e. The van der Waals surface area contributed by atoms with Gasteiger partial charge >= 0.3 is 0 Å². The van der Waals surface area contributed by atoms with Gasteiger partial charge in [-0.25, -0.2) is 0 Å². The lowest BCUT2D eigenvalue weighted by Crippen LogP contribution is -2.44. The van der Waals surface area contributed by atoms with Crippen LogP contribution in [-0.2, 0) is 4.79 Å². The SMILES string of the molecule is CC1(C)CCN(C(=O)C(CN)c2ccccc2)CC1. The van der Waals surface area contributed by atoms with E-state index in [4.69, 9.17) is 5.73 Å². The fraction of sp³-hybridized carbons (Fsp3) is 0.562. The zero-order valence-electron chi connectivity index (χ0n) is 11.9. The lowest BCUT2D eigenvalue weighted by molar-refractivity contribution is -0.134. The van der Waals surface area contributed by atoms with Crippen LogP contribution in [-0.4, -0.2) is 30.4 Å². The lowest BCUT2D eigenvalue weighted by Gasteiger charge is -2.38. The summed E-state index contributed by atoms with van der Waals surface area (Å²) in [4.78, 5) is 14.6. The van der Waals surface area contributed by atoms with E-state index in [2.05, 4.69) is 13.8 Å². The van der Waals surface area contributed by atoms with E-state index >= 15 is 0 Å². The van der Waals surface area contributed by atoms with Gasteiger partial charge in [0.2, 0.25) is 5.91 Å². The summed E-state index contributed by atoms with van der Waals surface area (Å²) in [5.74, 6) is -0.00777. The molecule has 1 aliphatic heterocycles. The Balaban J connectivity index is 2.06. The molecule has 3 heteroatoms. The number of carbonyl (C=O) groups excluding carboxylic acids is 1. The normalized spacial score (nSPS) is 20.1. The summed E-state index contributed by atoms with van der Waals surface area (Å²) in [5, 5.41) is 0. The van der Waals surface area contributed by atoms with Gasteiger partial charge in [0.25, 0.3) is 0 Å². The van der Waals surface area contributed by atoms with Crippen LogP contribution >= 0.6 is 0 Å². The predicted octanol–water partition coefficient (Wildman–Crippen LogP) is 2.38. The van der Waals surface area contributed by atoms with Gasteiger partial charge in [-0.05, 0) is 23.8 Å². The average Bonchev–Trinajstić information content (AvgIpc) is 2.40. The zero-order chi connectivity index (χ0) is 13.9. The number of nitrogens with zero attached hydrogens (tertiary/aromatic N) is 1. The van der Waals surface area contributed by atoms with Crippen molar-refractivity contribution in [1.29, 1.82) is 0 Å². The Morgan fingerprint density at radius 2 is 1.84 bits per heavy atom. The van der Waals surface area contributed by atoms with Crippen molar-refractivity contribution in [3.8, 4) is 0 Å². The highest BCUT2D eigenvalue weighted by molar-refractivity contribution is 5.84. The molecule has 1 aliphatic rings. The van der Waals surface area contributed by atoms with Crippen molar-refractivity contribution < 1.29 is 4.79 Å². The summed E-state index contributed by atoms with van der Waals surface area (Å²) in [6.45, 7) is 6.63. The second kappa shape index (κ2) is 5.74. The highest BCUT2D eigenvalue weighted by Gasteiger charge is 2.31. The Hall–Kier alpha value is -1.35. The van der Waals surface area contributed by atoms with Gasteiger partial charge in [0.1, 0.15) is 0 Å². The Kier molecular flexibility index (Phi) is 4.25. The molecule has 0 radical (unpaired) electrons. The number of piperidine rings is 1. The monoisotopic (exact) mass is 260 g/mol. The summed E-state index contributed by atoms with van der Waals surface area (Å²) in [7, 11) is 0. The van der Waals surface area contributed by atoms with E-state index in [0.29, 0.717) is 12.0 Å². The molecule has 19 heavy (non-hydrogen) atoms. The number of rotatable bonds is 3. The zero-order valence-corrected chi connectivity index (χ0v) is 11.9. The largest absolute Gasteiger partial charge is 0.342 e. The van der Waals surface area contributed by atoms with E-state index in [9.17, 15) is 4.79 Å². The highest BCUT2D eigenvalue weighted by Crippen LogP contribution is 2.31. The molecule has 0 bridgehead atoms. The second-order valence-corrected chi connectivity index (χ2v) is 6.19. The quantitative estimate of drug-likeness (QED) is 0.907. The molecule has 0 spiro atoms. The van der Waals surface area contributed by atoms with Crippen molar-refractivity contribution in [1.82, 2.24) is 4.90 Å². The highest BCUT2D eigenvalue weighted by atomic mass is 16.2. The number of hydrogen-bond donors (Lipinski definition) is 1. The molecule has 0 saturated carbocycles. The van der Waals surface area contributed by atoms with Crippen molar-refractivity contribution in [2.45, 2.75) is 32.6 Å². The van der Waals surface area contributed by atoms with Crippen LogP contribution in [0.25, 0.3) is 0 Å². The maximum absolute atomic E-state index is 12.6. The topological polar surface area (TPSA) is 46.3 Å². The summed E-state index contributed by atoms with van der Waals surface area (Å²) < 4.78 is 0. The molecule has 3 nitrogen and oxygen atoms in total. The summed E-state index contributed by atoms with van der Waals surface area (Å²) >= 11 is 0. The Morgan fingerprint density at radius 3 is 2.37 bits per heavy atom. The van der Waals surface area contributed by atoms with E-state index in [1.165, 1.54) is 0 Å². The van der Waals surface area contributed by atoms with Crippen molar-refractivity contribution in [2.24, 2.45) is 11.1 Å². The number of hydrogen-bond acceptors (Lipinski definition) is 2. The average molecular weight is 260 g/mol. The van der Waals surface area contributed by atoms with Gasteiger partial charge in [0.05, 0.1) is 5.92 Å². The molecule has 1 aromatic carbocycles. The number of carbonyl (C=O) groups is 1. The first-order valence-corrected chi connectivity index (χ1v) is 7.07. The van der Waals surface area contributed by atoms with Crippen LogP contribution in [0.1, 0.15) is 38.2 Å². The summed E-state index contributed by atoms with van der Waals surface area (Å²) in [6, 6.07) is 9.87. The standard InChI is InChI=1S/C16H24N2O/c1-16(2)8-10-18(11-9-16)15(19)14(12-17)13-6-4-3-5-7-13/h3-7,14H,8-12,17H2,1-2H3. The van der Waals surface area contributed by atoms with E-state index in [1.807, 2.05) is 35.2 Å². The van der Waals surface area contributed by atoms with E-state index in [1.54, 1.807) is 0 Å². The first kappa shape index (κ1) is 14.1. The molecule has 1 atom stereocenters. The van der Waals surface area contributed by atoms with Gasteiger partial charge in [-0.2, -0.15) is 0 Å². The maximum atomic E-state index is 12.6. The van der Waals surface area contributed by atoms with Gasteiger partial charge in [-0.15, -0.1) is 0 Å². The first-order chi connectivity index (χ1) is 9.03. The maximum Gasteiger partial charge on any atom is 0.231 e. The van der Waals surface area contributed by atoms with Gasteiger partial charge in [0.15, 0.2) is 0 Å². The first-order valence-electron chi connectivity index (χ1n) is 7.07. The van der Waals surface area contributed by atoms with Crippen LogP contribution in [0.4, 0.5) is 0 Å². The molecule has 2 N–H and O–H groups in total. The van der Waals surface area contributed by atoms with Crippen LogP contribution in [0.2, 0.25) is 0 Å². The predicted molar refractivity (Wildman–Crippen MR) is 77.8 cm³/mol. The van der Waals surface area contributed by atoms with Crippen LogP contribution < -0.4 is 5.73 Å². The molecule has 1 heterocycles. The fourth-order valence-electron chi connectivity index (χ4n) is 2.62. The number of amides is 1. The van der Waals surface area contributed by atoms with Crippen molar-refractivity contribution in [3.63, 3.8) is 0 Å². The third kappa shape index (κ3) is 3.35. The molecule has 1 aromatic rings. The van der Waals surface area contributed by atoms with Crippen LogP contribution in [0.15, 0.2) is 30.3 Å². The number of nitrogens with two attached hydrogens (primary N) is 1. The summed E-state index contributed by atoms with van der Waals surface area (Å²) in [6.07, 6.45) is 2.15. The molecule has 104 valence electrons. The molecular formula is C16H24N2O. The fourth-order valence-corrected chi connectivity index (χ4v) is 2.62. The minimum absolute atomic E-state index is 0.184. The van der Waals surface area contributed by atoms with Gasteiger partial charge in [0, 0.05) is 19.6 Å². The molecule has 2 rings (SSSR count). The van der Waals surface area contributed by atoms with Crippen LogP contribution in [0.3, 0.4) is 0 Å². The second-order valence-electron chi connectivity index (χ2n) is 6.19. The Labute approximate surface area is 115 Å². The number of benzene rings is 1. The van der Waals surface area contributed by atoms with E-state index in [0.717, 1.165) is 31.5 Å². The van der Waals surface area contributed by atoms with Crippen LogP contribution in [0.5, 0.6) is 0 Å². The third-order valence-corrected chi connectivity index (χ3v) is 4.16. The molecular weight excluding hydrogens is 236 g/mol. The summed E-state index contributed by atoms with van der Waals surface area (Å²) in [5.41, 5.74) is 7.21. The molecule has 1 fully saturated rings. The number of likely N-dealkylation sites (tertiary alicyclic amines) is 1. The van der Waals surface area contributed by atoms with E-state index < -0.39 is 0 Å². The van der Waals surface area contributed by atoms with Crippen molar-refractivity contribution in [2.75, 3.05) is 19.6 Å². The Bertz CT molecular complexity index is 418. The molecule has 0 aliphatic carbocycles. The minimum Gasteiger partial charge on any atom is -0.342 e. The third-order valence-electron chi connectivity index (χ3n) is 4.16. The lowest BCUT2D eigenvalue weighted by atomic mass is 9.82. The van der Waals surface area contributed by atoms with Gasteiger partial charge in [-0.1, -0.05) is 44.2 Å². The van der Waals surface area contributed by atoms with Gasteiger partial charge in [-0.3, -0.25) is 4.79 Å². The van der Waals surface area contributed by atoms with Crippen LogP contribution in [0, 0.1) is 5.41 Å². The molecule has 1 unspecified atom stereocenters. The molecule has 0 aromatic heterocycles.